The van der Waals surface area contributed by atoms with Gasteiger partial charge in [0.05, 0.1) is 10.6 Å². The summed E-state index contributed by atoms with van der Waals surface area (Å²) in [4.78, 5) is 27.6. The molecule has 23 heavy (non-hydrogen) atoms. The van der Waals surface area contributed by atoms with E-state index in [1.807, 2.05) is 25.3 Å². The Bertz CT molecular complexity index is 933. The molecule has 0 fully saturated rings. The standard InChI is InChI=1S/C16H12ClN3O3/c1-9-4-5-20-8-13(19-14(20)6-9)15(21)18-10-2-3-12(17)11(7-10)16(22)23/h2-8H,1H3,(H,18,21)(H,22,23). The van der Waals surface area contributed by atoms with Crippen LogP contribution in [0, 0.1) is 6.92 Å². The van der Waals surface area contributed by atoms with Gasteiger partial charge in [-0.3, -0.25) is 4.79 Å². The number of nitrogens with one attached hydrogen (secondary N) is 1. The first-order valence-electron chi connectivity index (χ1n) is 6.73. The normalized spacial score (nSPS) is 10.7. The van der Waals surface area contributed by atoms with Gasteiger partial charge in [-0.2, -0.15) is 0 Å². The number of carboxylic acids is 1. The fourth-order valence-electron chi connectivity index (χ4n) is 2.16. The summed E-state index contributed by atoms with van der Waals surface area (Å²) in [7, 11) is 0. The van der Waals surface area contributed by atoms with E-state index >= 15 is 0 Å². The Morgan fingerprint density at radius 3 is 2.78 bits per heavy atom. The van der Waals surface area contributed by atoms with Crippen LogP contribution in [-0.4, -0.2) is 26.4 Å². The van der Waals surface area contributed by atoms with E-state index < -0.39 is 11.9 Å². The number of carbonyl (C=O) groups is 2. The van der Waals surface area contributed by atoms with Gasteiger partial charge in [-0.05, 0) is 42.8 Å². The lowest BCUT2D eigenvalue weighted by atomic mass is 10.2. The number of rotatable bonds is 3. The van der Waals surface area contributed by atoms with Crippen molar-refractivity contribution in [1.29, 1.82) is 0 Å². The van der Waals surface area contributed by atoms with Gasteiger partial charge in [0.15, 0.2) is 0 Å². The molecule has 116 valence electrons. The number of carbonyl (C=O) groups excluding carboxylic acids is 1. The van der Waals surface area contributed by atoms with Crippen LogP contribution in [0.5, 0.6) is 0 Å². The monoisotopic (exact) mass is 329 g/mol. The number of fused-ring (bicyclic) bond motifs is 1. The van der Waals surface area contributed by atoms with Crippen molar-refractivity contribution in [3.05, 3.63) is 64.6 Å². The minimum atomic E-state index is -1.16. The van der Waals surface area contributed by atoms with Crippen molar-refractivity contribution in [3.63, 3.8) is 0 Å². The molecule has 0 radical (unpaired) electrons. The maximum atomic E-state index is 12.3. The van der Waals surface area contributed by atoms with Crippen molar-refractivity contribution < 1.29 is 14.7 Å². The Hall–Kier alpha value is -2.86. The summed E-state index contributed by atoms with van der Waals surface area (Å²) in [5.74, 6) is -1.58. The predicted molar refractivity (Wildman–Crippen MR) is 86.3 cm³/mol. The molecule has 2 heterocycles. The largest absolute Gasteiger partial charge is 0.478 e. The lowest BCUT2D eigenvalue weighted by Crippen LogP contribution is -2.13. The maximum absolute atomic E-state index is 12.3. The molecular weight excluding hydrogens is 318 g/mol. The third-order valence-corrected chi connectivity index (χ3v) is 3.63. The molecule has 0 saturated heterocycles. The van der Waals surface area contributed by atoms with E-state index in [-0.39, 0.29) is 16.3 Å². The first kappa shape index (κ1) is 15.1. The van der Waals surface area contributed by atoms with Crippen LogP contribution in [0.1, 0.15) is 26.4 Å². The van der Waals surface area contributed by atoms with E-state index in [4.69, 9.17) is 16.7 Å². The van der Waals surface area contributed by atoms with Crippen LogP contribution >= 0.6 is 11.6 Å². The highest BCUT2D eigenvalue weighted by Crippen LogP contribution is 2.21. The number of imidazole rings is 1. The first-order chi connectivity index (χ1) is 10.9. The number of aryl methyl sites for hydroxylation is 1. The zero-order valence-electron chi connectivity index (χ0n) is 12.1. The number of benzene rings is 1. The Morgan fingerprint density at radius 1 is 1.26 bits per heavy atom. The molecule has 0 saturated carbocycles. The van der Waals surface area contributed by atoms with Crippen molar-refractivity contribution in [2.24, 2.45) is 0 Å². The molecular formula is C16H12ClN3O3. The summed E-state index contributed by atoms with van der Waals surface area (Å²) in [5, 5.41) is 11.8. The van der Waals surface area contributed by atoms with Gasteiger partial charge in [-0.25, -0.2) is 9.78 Å². The number of aromatic carboxylic acids is 1. The van der Waals surface area contributed by atoms with Crippen LogP contribution in [0.25, 0.3) is 5.65 Å². The maximum Gasteiger partial charge on any atom is 0.337 e. The van der Waals surface area contributed by atoms with Crippen molar-refractivity contribution in [2.75, 3.05) is 5.32 Å². The number of anilines is 1. The highest BCUT2D eigenvalue weighted by atomic mass is 35.5. The number of amides is 1. The first-order valence-corrected chi connectivity index (χ1v) is 7.11. The fourth-order valence-corrected chi connectivity index (χ4v) is 2.35. The SMILES string of the molecule is Cc1ccn2cc(C(=O)Nc3ccc(Cl)c(C(=O)O)c3)nc2c1. The Kier molecular flexibility index (Phi) is 3.75. The summed E-state index contributed by atoms with van der Waals surface area (Å²) in [6.07, 6.45) is 3.43. The Morgan fingerprint density at radius 2 is 2.04 bits per heavy atom. The molecule has 0 aliphatic heterocycles. The van der Waals surface area contributed by atoms with Gasteiger partial charge in [0.25, 0.3) is 5.91 Å². The van der Waals surface area contributed by atoms with E-state index in [1.165, 1.54) is 18.2 Å². The van der Waals surface area contributed by atoms with Crippen LogP contribution in [0.15, 0.2) is 42.7 Å². The molecule has 0 bridgehead atoms. The second-order valence-corrected chi connectivity index (χ2v) is 5.46. The summed E-state index contributed by atoms with van der Waals surface area (Å²) >= 11 is 5.80. The molecule has 3 aromatic rings. The smallest absolute Gasteiger partial charge is 0.337 e. The number of pyridine rings is 1. The van der Waals surface area contributed by atoms with Crippen molar-refractivity contribution in [2.45, 2.75) is 6.92 Å². The third kappa shape index (κ3) is 3.02. The second kappa shape index (κ2) is 5.73. The van der Waals surface area contributed by atoms with Gasteiger partial charge >= 0.3 is 5.97 Å². The van der Waals surface area contributed by atoms with E-state index in [0.29, 0.717) is 11.3 Å². The third-order valence-electron chi connectivity index (χ3n) is 3.30. The molecule has 2 aromatic heterocycles. The quantitative estimate of drug-likeness (QED) is 0.772. The second-order valence-electron chi connectivity index (χ2n) is 5.05. The van der Waals surface area contributed by atoms with Crippen LogP contribution in [0.2, 0.25) is 5.02 Å². The Labute approximate surface area is 136 Å². The summed E-state index contributed by atoms with van der Waals surface area (Å²) in [6.45, 7) is 1.94. The lowest BCUT2D eigenvalue weighted by Gasteiger charge is -2.05. The zero-order valence-corrected chi connectivity index (χ0v) is 12.8. The predicted octanol–water partition coefficient (Wildman–Crippen LogP) is 3.25. The van der Waals surface area contributed by atoms with Gasteiger partial charge < -0.3 is 14.8 Å². The summed E-state index contributed by atoms with van der Waals surface area (Å²) in [6, 6.07) is 8.04. The van der Waals surface area contributed by atoms with E-state index in [9.17, 15) is 9.59 Å². The highest BCUT2D eigenvalue weighted by molar-refractivity contribution is 6.33. The molecule has 3 rings (SSSR count). The molecule has 0 spiro atoms. The van der Waals surface area contributed by atoms with E-state index in [1.54, 1.807) is 10.6 Å². The van der Waals surface area contributed by atoms with Crippen molar-refractivity contribution >= 4 is 34.8 Å². The average Bonchev–Trinajstić information content (AvgIpc) is 2.92. The summed E-state index contributed by atoms with van der Waals surface area (Å²) in [5.41, 5.74) is 2.21. The minimum absolute atomic E-state index is 0.0740. The van der Waals surface area contributed by atoms with Gasteiger partial charge in [0.2, 0.25) is 0 Å². The number of carboxylic acid groups (broad SMARTS) is 1. The molecule has 0 aliphatic carbocycles. The van der Waals surface area contributed by atoms with Gasteiger partial charge in [-0.1, -0.05) is 11.6 Å². The molecule has 0 aliphatic rings. The van der Waals surface area contributed by atoms with E-state index in [0.717, 1.165) is 5.56 Å². The molecule has 7 heteroatoms. The Balaban J connectivity index is 1.88. The molecule has 6 nitrogen and oxygen atoms in total. The number of halogens is 1. The van der Waals surface area contributed by atoms with Gasteiger partial charge in [-0.15, -0.1) is 0 Å². The fraction of sp³-hybridized carbons (Fsp3) is 0.0625. The zero-order chi connectivity index (χ0) is 16.6. The van der Waals surface area contributed by atoms with E-state index in [2.05, 4.69) is 10.3 Å². The van der Waals surface area contributed by atoms with Crippen molar-refractivity contribution in [1.82, 2.24) is 9.38 Å². The molecule has 1 aromatic carbocycles. The number of hydrogen-bond acceptors (Lipinski definition) is 3. The van der Waals surface area contributed by atoms with Crippen molar-refractivity contribution in [3.8, 4) is 0 Å². The lowest BCUT2D eigenvalue weighted by molar-refractivity contribution is 0.0696. The number of aromatic nitrogens is 2. The van der Waals surface area contributed by atoms with Gasteiger partial charge in [0.1, 0.15) is 11.3 Å². The average molecular weight is 330 g/mol. The van der Waals surface area contributed by atoms with Crippen LogP contribution in [0.4, 0.5) is 5.69 Å². The minimum Gasteiger partial charge on any atom is -0.478 e. The van der Waals surface area contributed by atoms with Crippen LogP contribution in [-0.2, 0) is 0 Å². The topological polar surface area (TPSA) is 83.7 Å². The molecule has 0 unspecified atom stereocenters. The van der Waals surface area contributed by atoms with Crippen LogP contribution < -0.4 is 5.32 Å². The number of hydrogen-bond donors (Lipinski definition) is 2. The molecule has 1 amide bonds. The molecule has 2 N–H and O–H groups in total. The van der Waals surface area contributed by atoms with Crippen LogP contribution in [0.3, 0.4) is 0 Å². The highest BCUT2D eigenvalue weighted by Gasteiger charge is 2.14. The molecule has 0 atom stereocenters. The van der Waals surface area contributed by atoms with Gasteiger partial charge in [0, 0.05) is 18.1 Å². The summed E-state index contributed by atoms with van der Waals surface area (Å²) < 4.78 is 1.74. The number of nitrogens with zero attached hydrogens (tertiary/aromatic N) is 2.